The molecule has 0 N–H and O–H groups in total. The van der Waals surface area contributed by atoms with Crippen LogP contribution in [0.2, 0.25) is 0 Å². The molecule has 1 aliphatic heterocycles. The van der Waals surface area contributed by atoms with Gasteiger partial charge in [-0.05, 0) is 27.2 Å². The van der Waals surface area contributed by atoms with E-state index in [0.29, 0.717) is 6.42 Å². The molecule has 2 atom stereocenters. The first-order valence-corrected chi connectivity index (χ1v) is 7.53. The van der Waals surface area contributed by atoms with Crippen molar-refractivity contribution in [3.05, 3.63) is 0 Å². The number of rotatable bonds is 5. The van der Waals surface area contributed by atoms with E-state index in [-0.39, 0.29) is 6.61 Å². The fourth-order valence-corrected chi connectivity index (χ4v) is 2.17. The number of carbonyl (C=O) groups is 2. The Morgan fingerprint density at radius 1 is 1.36 bits per heavy atom. The molecule has 1 heterocycles. The van der Waals surface area contributed by atoms with E-state index in [1.807, 2.05) is 6.92 Å². The van der Waals surface area contributed by atoms with Gasteiger partial charge in [0.15, 0.2) is 5.67 Å². The molecule has 0 aromatic rings. The number of amides is 1. The average Bonchev–Trinajstić information content (AvgIpc) is 2.76. The Kier molecular flexibility index (Phi) is 6.14. The molecule has 0 aromatic carbocycles. The largest absolute Gasteiger partial charge is 0.464 e. The summed E-state index contributed by atoms with van der Waals surface area (Å²) in [6, 6.07) is -1.15. The number of hydrogen-bond acceptors (Lipinski definition) is 4. The predicted octanol–water partition coefficient (Wildman–Crippen LogP) is 3.02. The summed E-state index contributed by atoms with van der Waals surface area (Å²) in [6.07, 6.45) is 0.270. The van der Waals surface area contributed by atoms with E-state index in [0.717, 1.165) is 11.3 Å². The van der Waals surface area contributed by atoms with Crippen LogP contribution in [0.5, 0.6) is 0 Å². The van der Waals surface area contributed by atoms with Crippen molar-refractivity contribution in [2.75, 3.05) is 19.8 Å². The molecule has 0 aromatic heterocycles. The summed E-state index contributed by atoms with van der Waals surface area (Å²) in [7, 11) is 0. The van der Waals surface area contributed by atoms with E-state index in [1.165, 1.54) is 0 Å². The van der Waals surface area contributed by atoms with Crippen molar-refractivity contribution in [1.29, 1.82) is 0 Å². The van der Waals surface area contributed by atoms with E-state index < -0.39 is 49.0 Å². The van der Waals surface area contributed by atoms with Crippen LogP contribution in [0.15, 0.2) is 0 Å². The van der Waals surface area contributed by atoms with E-state index in [9.17, 15) is 18.4 Å². The number of alkyl halides is 2. The molecule has 0 radical (unpaired) electrons. The third-order valence-corrected chi connectivity index (χ3v) is 3.27. The Bertz CT molecular complexity index is 411. The smallest absolute Gasteiger partial charge is 0.411 e. The maximum atomic E-state index is 14.3. The number of ether oxygens (including phenoxy) is 2. The van der Waals surface area contributed by atoms with Gasteiger partial charge in [-0.1, -0.05) is 13.3 Å². The molecule has 0 aliphatic carbocycles. The normalized spacial score (nSPS) is 25.2. The lowest BCUT2D eigenvalue weighted by atomic mass is 10.0. The Labute approximate surface area is 129 Å². The third-order valence-electron chi connectivity index (χ3n) is 3.27. The molecule has 1 rings (SSSR count). The number of halogens is 2. The van der Waals surface area contributed by atoms with Gasteiger partial charge in [0.2, 0.25) is 0 Å². The summed E-state index contributed by atoms with van der Waals surface area (Å²) in [4.78, 5) is 25.1. The van der Waals surface area contributed by atoms with E-state index in [4.69, 9.17) is 9.47 Å². The van der Waals surface area contributed by atoms with Crippen molar-refractivity contribution in [1.82, 2.24) is 4.90 Å². The average molecular weight is 321 g/mol. The van der Waals surface area contributed by atoms with Gasteiger partial charge in [-0.2, -0.15) is 0 Å². The van der Waals surface area contributed by atoms with Gasteiger partial charge in [-0.3, -0.25) is 4.90 Å². The van der Waals surface area contributed by atoms with Crippen molar-refractivity contribution >= 4 is 12.1 Å². The Balaban J connectivity index is 2.81. The molecule has 22 heavy (non-hydrogen) atoms. The summed E-state index contributed by atoms with van der Waals surface area (Å²) in [5.41, 5.74) is -3.02. The van der Waals surface area contributed by atoms with Crippen molar-refractivity contribution in [2.24, 2.45) is 0 Å². The van der Waals surface area contributed by atoms with E-state index in [1.54, 1.807) is 20.8 Å². The quantitative estimate of drug-likeness (QED) is 0.577. The van der Waals surface area contributed by atoms with Crippen molar-refractivity contribution in [3.8, 4) is 0 Å². The van der Waals surface area contributed by atoms with Crippen LogP contribution in [-0.2, 0) is 14.3 Å². The molecule has 7 heteroatoms. The molecule has 128 valence electrons. The lowest BCUT2D eigenvalue weighted by molar-refractivity contribution is -0.149. The minimum absolute atomic E-state index is 0.197. The summed E-state index contributed by atoms with van der Waals surface area (Å²) >= 11 is 0. The van der Waals surface area contributed by atoms with Crippen LogP contribution in [0.1, 0.15) is 47.0 Å². The number of esters is 1. The number of likely N-dealkylation sites (tertiary alicyclic amines) is 1. The molecule has 1 fully saturated rings. The topological polar surface area (TPSA) is 55.8 Å². The lowest BCUT2D eigenvalue weighted by Crippen LogP contribution is -2.44. The summed E-state index contributed by atoms with van der Waals surface area (Å²) in [5, 5.41) is 0. The zero-order valence-electron chi connectivity index (χ0n) is 13.7. The van der Waals surface area contributed by atoms with Gasteiger partial charge >= 0.3 is 12.1 Å². The van der Waals surface area contributed by atoms with Crippen LogP contribution in [0, 0.1) is 0 Å². The summed E-state index contributed by atoms with van der Waals surface area (Å²) in [6.45, 7) is 5.35. The SMILES string of the molecule is CCCCOC(=O)[C@@H]1C[C@](F)(CF)CN1C(=O)OC(C)(C)C. The number of unbranched alkanes of at least 4 members (excludes halogenated alkanes) is 1. The first-order chi connectivity index (χ1) is 10.1. The maximum Gasteiger partial charge on any atom is 0.411 e. The van der Waals surface area contributed by atoms with Crippen LogP contribution in [0.25, 0.3) is 0 Å². The molecule has 0 bridgehead atoms. The number of nitrogens with zero attached hydrogens (tertiary/aromatic N) is 1. The highest BCUT2D eigenvalue weighted by atomic mass is 19.2. The molecule has 1 amide bonds. The van der Waals surface area contributed by atoms with Crippen LogP contribution < -0.4 is 0 Å². The number of carbonyl (C=O) groups excluding carboxylic acids is 2. The van der Waals surface area contributed by atoms with E-state index >= 15 is 0 Å². The first kappa shape index (κ1) is 18.6. The standard InChI is InChI=1S/C15H25F2NO4/c1-5-6-7-21-12(19)11-8-15(17,9-16)10-18(11)13(20)22-14(2,3)4/h11H,5-10H2,1-4H3/t11-,15-/m0/s1. The van der Waals surface area contributed by atoms with Gasteiger partial charge in [0.25, 0.3) is 0 Å². The fourth-order valence-electron chi connectivity index (χ4n) is 2.17. The zero-order chi connectivity index (χ0) is 17.0. The molecule has 1 saturated heterocycles. The highest BCUT2D eigenvalue weighted by molar-refractivity contribution is 5.82. The molecular formula is C15H25F2NO4. The molecule has 1 aliphatic rings. The van der Waals surface area contributed by atoms with Crippen molar-refractivity contribution in [3.63, 3.8) is 0 Å². The van der Waals surface area contributed by atoms with Gasteiger partial charge in [0.05, 0.1) is 13.2 Å². The highest BCUT2D eigenvalue weighted by Gasteiger charge is 2.51. The minimum Gasteiger partial charge on any atom is -0.464 e. The third kappa shape index (κ3) is 5.10. The maximum absolute atomic E-state index is 14.3. The van der Waals surface area contributed by atoms with Gasteiger partial charge in [0.1, 0.15) is 18.3 Å². The minimum atomic E-state index is -2.23. The molecule has 0 saturated carbocycles. The highest BCUT2D eigenvalue weighted by Crippen LogP contribution is 2.33. The van der Waals surface area contributed by atoms with Crippen molar-refractivity contribution < 1.29 is 27.8 Å². The second-order valence-electron chi connectivity index (χ2n) is 6.63. The van der Waals surface area contributed by atoms with Crippen LogP contribution in [-0.4, -0.2) is 54.1 Å². The predicted molar refractivity (Wildman–Crippen MR) is 77.0 cm³/mol. The van der Waals surface area contributed by atoms with Gasteiger partial charge in [0, 0.05) is 6.42 Å². The number of hydrogen-bond donors (Lipinski definition) is 0. The molecule has 5 nitrogen and oxygen atoms in total. The molecule has 0 unspecified atom stereocenters. The Morgan fingerprint density at radius 2 is 2.00 bits per heavy atom. The van der Waals surface area contributed by atoms with Gasteiger partial charge < -0.3 is 9.47 Å². The summed E-state index contributed by atoms with van der Waals surface area (Å²) < 4.78 is 37.3. The van der Waals surface area contributed by atoms with Gasteiger partial charge in [-0.25, -0.2) is 18.4 Å². The second-order valence-corrected chi connectivity index (χ2v) is 6.63. The van der Waals surface area contributed by atoms with Crippen LogP contribution in [0.4, 0.5) is 13.6 Å². The summed E-state index contributed by atoms with van der Waals surface area (Å²) in [5.74, 6) is -0.715. The van der Waals surface area contributed by atoms with Crippen LogP contribution in [0.3, 0.4) is 0 Å². The van der Waals surface area contributed by atoms with E-state index in [2.05, 4.69) is 0 Å². The van der Waals surface area contributed by atoms with Crippen molar-refractivity contribution in [2.45, 2.75) is 64.3 Å². The first-order valence-electron chi connectivity index (χ1n) is 7.53. The fraction of sp³-hybridized carbons (Fsp3) is 0.867. The van der Waals surface area contributed by atoms with Gasteiger partial charge in [-0.15, -0.1) is 0 Å². The monoisotopic (exact) mass is 321 g/mol. The second kappa shape index (κ2) is 7.24. The van der Waals surface area contributed by atoms with Crippen LogP contribution >= 0.6 is 0 Å². The Morgan fingerprint density at radius 3 is 2.50 bits per heavy atom. The molecule has 0 spiro atoms. The molecular weight excluding hydrogens is 296 g/mol. The lowest BCUT2D eigenvalue weighted by Gasteiger charge is -2.27. The Hall–Kier alpha value is -1.40. The zero-order valence-corrected chi connectivity index (χ0v) is 13.7.